The molecule has 1 aliphatic carbocycles. The zero-order valence-corrected chi connectivity index (χ0v) is 12.4. The Morgan fingerprint density at radius 1 is 1.00 bits per heavy atom. The molecule has 2 atom stereocenters. The normalized spacial score (nSPS) is 19.4. The molecule has 0 aromatic heterocycles. The van der Waals surface area contributed by atoms with Crippen molar-refractivity contribution in [2.45, 2.75) is 39.2 Å². The van der Waals surface area contributed by atoms with E-state index in [2.05, 4.69) is 56.3 Å². The number of rotatable bonds is 2. The summed E-state index contributed by atoms with van der Waals surface area (Å²) in [6.45, 7) is 4.30. The fourth-order valence-corrected chi connectivity index (χ4v) is 3.51. The number of aryl methyl sites for hydroxylation is 3. The van der Waals surface area contributed by atoms with Crippen LogP contribution in [0.5, 0.6) is 0 Å². The molecule has 0 saturated carbocycles. The summed E-state index contributed by atoms with van der Waals surface area (Å²) in [7, 11) is 0. The van der Waals surface area contributed by atoms with Gasteiger partial charge in [-0.1, -0.05) is 53.6 Å². The van der Waals surface area contributed by atoms with Crippen LogP contribution in [0.1, 0.15) is 40.3 Å². The van der Waals surface area contributed by atoms with Gasteiger partial charge in [0.15, 0.2) is 0 Å². The summed E-state index contributed by atoms with van der Waals surface area (Å²) >= 11 is 0. The van der Waals surface area contributed by atoms with E-state index in [9.17, 15) is 0 Å². The highest BCUT2D eigenvalue weighted by Crippen LogP contribution is 2.33. The largest absolute Gasteiger partial charge is 0.324 e. The van der Waals surface area contributed by atoms with Crippen molar-refractivity contribution >= 4 is 0 Å². The number of nitrogens with two attached hydrogens (primary N) is 1. The highest BCUT2D eigenvalue weighted by molar-refractivity contribution is 5.33. The second-order valence-electron chi connectivity index (χ2n) is 6.22. The monoisotopic (exact) mass is 265 g/mol. The summed E-state index contributed by atoms with van der Waals surface area (Å²) in [5, 5.41) is 0. The van der Waals surface area contributed by atoms with Crippen LogP contribution in [0, 0.1) is 19.8 Å². The number of benzene rings is 2. The first kappa shape index (κ1) is 13.4. The number of hydrogen-bond acceptors (Lipinski definition) is 1. The van der Waals surface area contributed by atoms with Gasteiger partial charge in [0.25, 0.3) is 0 Å². The van der Waals surface area contributed by atoms with Gasteiger partial charge in [0, 0.05) is 6.04 Å². The minimum Gasteiger partial charge on any atom is -0.324 e. The lowest BCUT2D eigenvalue weighted by atomic mass is 9.78. The molecular formula is C19H23N. The van der Waals surface area contributed by atoms with Gasteiger partial charge in [0.1, 0.15) is 0 Å². The van der Waals surface area contributed by atoms with Crippen molar-refractivity contribution in [3.8, 4) is 0 Å². The Bertz CT molecular complexity index is 595. The Morgan fingerprint density at radius 3 is 2.35 bits per heavy atom. The Morgan fingerprint density at radius 2 is 1.65 bits per heavy atom. The van der Waals surface area contributed by atoms with E-state index < -0.39 is 0 Å². The lowest BCUT2D eigenvalue weighted by Crippen LogP contribution is -2.27. The standard InChI is InChI=1S/C19H23N/c1-13-9-14(2)11-18(10-13)19(20)17-8-7-15-5-3-4-6-16(15)12-17/h3-6,9-11,17,19H,7-8,12,20H2,1-2H3. The third kappa shape index (κ3) is 2.64. The average molecular weight is 265 g/mol. The molecule has 104 valence electrons. The van der Waals surface area contributed by atoms with Crippen molar-refractivity contribution in [2.24, 2.45) is 11.7 Å². The second-order valence-corrected chi connectivity index (χ2v) is 6.22. The second kappa shape index (κ2) is 5.41. The SMILES string of the molecule is Cc1cc(C)cc(C(N)C2CCc3ccccc3C2)c1. The van der Waals surface area contributed by atoms with Crippen molar-refractivity contribution in [1.82, 2.24) is 0 Å². The summed E-state index contributed by atoms with van der Waals surface area (Å²) in [6, 6.07) is 15.7. The van der Waals surface area contributed by atoms with Crippen LogP contribution in [0.2, 0.25) is 0 Å². The maximum absolute atomic E-state index is 6.56. The van der Waals surface area contributed by atoms with Gasteiger partial charge >= 0.3 is 0 Å². The van der Waals surface area contributed by atoms with E-state index in [4.69, 9.17) is 5.73 Å². The van der Waals surface area contributed by atoms with E-state index in [1.54, 1.807) is 0 Å². The molecule has 0 bridgehead atoms. The zero-order chi connectivity index (χ0) is 14.1. The number of hydrogen-bond donors (Lipinski definition) is 1. The summed E-state index contributed by atoms with van der Waals surface area (Å²) in [5.74, 6) is 0.561. The van der Waals surface area contributed by atoms with Gasteiger partial charge in [0.2, 0.25) is 0 Å². The average Bonchev–Trinajstić information content (AvgIpc) is 2.45. The predicted molar refractivity (Wildman–Crippen MR) is 84.8 cm³/mol. The summed E-state index contributed by atoms with van der Waals surface area (Å²) in [6.07, 6.45) is 3.48. The molecular weight excluding hydrogens is 242 g/mol. The first-order valence-electron chi connectivity index (χ1n) is 7.54. The van der Waals surface area contributed by atoms with E-state index in [-0.39, 0.29) is 6.04 Å². The van der Waals surface area contributed by atoms with Gasteiger partial charge in [0.05, 0.1) is 0 Å². The molecule has 0 amide bonds. The minimum atomic E-state index is 0.155. The van der Waals surface area contributed by atoms with Crippen LogP contribution in [0.4, 0.5) is 0 Å². The molecule has 1 nitrogen and oxygen atoms in total. The van der Waals surface area contributed by atoms with E-state index in [1.807, 2.05) is 0 Å². The van der Waals surface area contributed by atoms with Gasteiger partial charge < -0.3 is 5.73 Å². The molecule has 0 spiro atoms. The molecule has 2 unspecified atom stereocenters. The van der Waals surface area contributed by atoms with E-state index in [0.717, 1.165) is 6.42 Å². The zero-order valence-electron chi connectivity index (χ0n) is 12.4. The van der Waals surface area contributed by atoms with Crippen LogP contribution >= 0.6 is 0 Å². The van der Waals surface area contributed by atoms with Crippen LogP contribution < -0.4 is 5.73 Å². The first-order valence-corrected chi connectivity index (χ1v) is 7.54. The molecule has 1 heteroatoms. The highest BCUT2D eigenvalue weighted by atomic mass is 14.7. The summed E-state index contributed by atoms with van der Waals surface area (Å²) in [4.78, 5) is 0. The summed E-state index contributed by atoms with van der Waals surface area (Å²) < 4.78 is 0. The molecule has 0 aliphatic heterocycles. The third-order valence-electron chi connectivity index (χ3n) is 4.52. The first-order chi connectivity index (χ1) is 9.63. The van der Waals surface area contributed by atoms with Gasteiger partial charge in [-0.2, -0.15) is 0 Å². The Hall–Kier alpha value is -1.60. The summed E-state index contributed by atoms with van der Waals surface area (Å²) in [5.41, 5.74) is 13.5. The molecule has 2 aromatic carbocycles. The predicted octanol–water partition coefficient (Wildman–Crippen LogP) is 4.11. The van der Waals surface area contributed by atoms with Crippen molar-refractivity contribution < 1.29 is 0 Å². The maximum Gasteiger partial charge on any atom is 0.0327 e. The lowest BCUT2D eigenvalue weighted by molar-refractivity contribution is 0.382. The van der Waals surface area contributed by atoms with Crippen molar-refractivity contribution in [3.63, 3.8) is 0 Å². The molecule has 2 N–H and O–H groups in total. The van der Waals surface area contributed by atoms with Gasteiger partial charge in [-0.05, 0) is 55.7 Å². The molecule has 0 saturated heterocycles. The number of fused-ring (bicyclic) bond motifs is 1. The fourth-order valence-electron chi connectivity index (χ4n) is 3.51. The van der Waals surface area contributed by atoms with Crippen LogP contribution in [-0.2, 0) is 12.8 Å². The van der Waals surface area contributed by atoms with Crippen LogP contribution in [0.25, 0.3) is 0 Å². The Labute approximate surface area is 121 Å². The molecule has 0 fully saturated rings. The molecule has 20 heavy (non-hydrogen) atoms. The lowest BCUT2D eigenvalue weighted by Gasteiger charge is -2.30. The van der Waals surface area contributed by atoms with Crippen LogP contribution in [0.3, 0.4) is 0 Å². The quantitative estimate of drug-likeness (QED) is 0.869. The molecule has 0 radical (unpaired) electrons. The Kier molecular flexibility index (Phi) is 3.62. The smallest absolute Gasteiger partial charge is 0.0327 e. The van der Waals surface area contributed by atoms with E-state index in [0.29, 0.717) is 5.92 Å². The molecule has 2 aromatic rings. The molecule has 0 heterocycles. The van der Waals surface area contributed by atoms with Gasteiger partial charge in [-0.3, -0.25) is 0 Å². The third-order valence-corrected chi connectivity index (χ3v) is 4.52. The molecule has 3 rings (SSSR count). The fraction of sp³-hybridized carbons (Fsp3) is 0.368. The van der Waals surface area contributed by atoms with Crippen molar-refractivity contribution in [2.75, 3.05) is 0 Å². The van der Waals surface area contributed by atoms with Gasteiger partial charge in [-0.15, -0.1) is 0 Å². The Balaban J connectivity index is 1.83. The van der Waals surface area contributed by atoms with Crippen LogP contribution in [0.15, 0.2) is 42.5 Å². The topological polar surface area (TPSA) is 26.0 Å². The van der Waals surface area contributed by atoms with E-state index >= 15 is 0 Å². The molecule has 1 aliphatic rings. The minimum absolute atomic E-state index is 0.155. The van der Waals surface area contributed by atoms with E-state index in [1.165, 1.54) is 40.7 Å². The van der Waals surface area contributed by atoms with Crippen molar-refractivity contribution in [3.05, 3.63) is 70.3 Å². The van der Waals surface area contributed by atoms with Crippen LogP contribution in [-0.4, -0.2) is 0 Å². The highest BCUT2D eigenvalue weighted by Gasteiger charge is 2.24. The van der Waals surface area contributed by atoms with Crippen molar-refractivity contribution in [1.29, 1.82) is 0 Å². The van der Waals surface area contributed by atoms with Gasteiger partial charge in [-0.25, -0.2) is 0 Å². The maximum atomic E-state index is 6.56.